The number of nitrogens with one attached hydrogen (secondary N) is 1. The Morgan fingerprint density at radius 1 is 0.706 bits per heavy atom. The number of methoxy groups -OCH3 is 2. The van der Waals surface area contributed by atoms with E-state index in [9.17, 15) is 18.8 Å². The van der Waals surface area contributed by atoms with Gasteiger partial charge in [-0.1, -0.05) is 81.3 Å². The molecule has 0 unspecified atom stereocenters. The van der Waals surface area contributed by atoms with Gasteiger partial charge < -0.3 is 28.7 Å². The van der Waals surface area contributed by atoms with Gasteiger partial charge in [-0.3, -0.25) is 18.8 Å². The number of rotatable bonds is 12. The molecule has 3 heterocycles. The largest absolute Gasteiger partial charge is 0.481 e. The van der Waals surface area contributed by atoms with E-state index in [4.69, 9.17) is 11.2 Å². The minimum atomic E-state index is -1.00. The molecule has 0 atom stereocenters. The van der Waals surface area contributed by atoms with Crippen molar-refractivity contribution in [3.63, 3.8) is 0 Å². The van der Waals surface area contributed by atoms with Crippen LogP contribution in [0.3, 0.4) is 0 Å². The number of carbonyl (C=O) groups is 3. The summed E-state index contributed by atoms with van der Waals surface area (Å²) in [6, 6.07) is 24.1. The molecule has 0 aliphatic rings. The number of hydrogen-bond donors (Lipinski definition) is 2. The van der Waals surface area contributed by atoms with Gasteiger partial charge in [-0.15, -0.1) is 0 Å². The van der Waals surface area contributed by atoms with E-state index < -0.39 is 13.1 Å². The molecular weight excluding hydrogens is 649 g/mol. The third kappa shape index (κ3) is 11.3. The Bertz CT molecular complexity index is 2010. The molecule has 2 N–H and O–H groups in total. The molecule has 272 valence electrons. The summed E-state index contributed by atoms with van der Waals surface area (Å²) in [5.74, 6) is -1.17. The second-order valence-electron chi connectivity index (χ2n) is 11.9. The summed E-state index contributed by atoms with van der Waals surface area (Å²) in [5, 5.41) is 12.2. The maximum atomic E-state index is 11.4. The highest BCUT2D eigenvalue weighted by Crippen LogP contribution is 2.24. The average Bonchev–Trinajstić information content (AvgIpc) is 3.84. The van der Waals surface area contributed by atoms with Crippen molar-refractivity contribution in [2.24, 2.45) is 0 Å². The molecule has 0 aliphatic carbocycles. The highest BCUT2D eigenvalue weighted by molar-refractivity contribution is 5.89. The number of unbranched alkanes of at least 4 members (excludes halogenated alkanes) is 2. The van der Waals surface area contributed by atoms with E-state index in [0.717, 1.165) is 76.2 Å². The fourth-order valence-electron chi connectivity index (χ4n) is 5.85. The van der Waals surface area contributed by atoms with Crippen molar-refractivity contribution < 1.29 is 34.7 Å². The molecule has 3 aromatic carbocycles. The molecule has 6 rings (SSSR count). The highest BCUT2D eigenvalue weighted by atomic mass is 19.1. The fraction of sp³-hybridized carbons (Fsp3) is 0.341. The van der Waals surface area contributed by atoms with Crippen molar-refractivity contribution in [1.29, 1.82) is 0 Å². The summed E-state index contributed by atoms with van der Waals surface area (Å²) in [7, 11) is 1.83. The Labute approximate surface area is 300 Å². The van der Waals surface area contributed by atoms with Crippen LogP contribution in [0.25, 0.3) is 32.7 Å². The number of halogens is 1. The first-order chi connectivity index (χ1) is 25.2. The molecule has 10 heteroatoms. The second kappa shape index (κ2) is 21.0. The first-order valence-corrected chi connectivity index (χ1v) is 17.1. The first kappa shape index (κ1) is 38.4. The van der Waals surface area contributed by atoms with Gasteiger partial charge in [0, 0.05) is 64.4 Å². The number of fused-ring (bicyclic) bond motifs is 3. The molecule has 0 saturated carbocycles. The Morgan fingerprint density at radius 2 is 1.14 bits per heavy atom. The normalized spacial score (nSPS) is 10.6. The topological polar surface area (TPSA) is 116 Å². The molecule has 6 aromatic rings. The van der Waals surface area contributed by atoms with Gasteiger partial charge in [-0.05, 0) is 47.7 Å². The molecule has 0 amide bonds. The van der Waals surface area contributed by atoms with Gasteiger partial charge in [0.1, 0.15) is 0 Å². The molecule has 51 heavy (non-hydrogen) atoms. The minimum absolute atomic E-state index is 0.0969. The first-order valence-electron chi connectivity index (χ1n) is 17.8. The van der Waals surface area contributed by atoms with Crippen molar-refractivity contribution >= 4 is 50.6 Å². The number of benzene rings is 3. The van der Waals surface area contributed by atoms with Crippen molar-refractivity contribution in [2.45, 2.75) is 71.9 Å². The molecule has 0 radical (unpaired) electrons. The Balaban J connectivity index is 0.000000204. The predicted octanol–water partition coefficient (Wildman–Crippen LogP) is 8.69. The van der Waals surface area contributed by atoms with Gasteiger partial charge in [-0.25, -0.2) is 0 Å². The molecule has 9 nitrogen and oxygen atoms in total. The SMILES string of the molecule is CCCCn1cc(CC(=O)O)c2ccccc21.CCCCn1cc(CC(=O)OC)c2ccccc21.COC(=O)Cc1c[nH]c2ccccc12.[2H]CF. The number of carboxylic acids is 1. The third-order valence-electron chi connectivity index (χ3n) is 8.39. The highest BCUT2D eigenvalue weighted by Gasteiger charge is 2.12. The third-order valence-corrected chi connectivity index (χ3v) is 8.39. The number of aromatic amines is 1. The summed E-state index contributed by atoms with van der Waals surface area (Å²) in [4.78, 5) is 36.4. The molecule has 0 aliphatic heterocycles. The summed E-state index contributed by atoms with van der Waals surface area (Å²) < 4.78 is 29.3. The number of ether oxygens (including phenoxy) is 2. The zero-order valence-electron chi connectivity index (χ0n) is 31.0. The molecule has 0 bridgehead atoms. The summed E-state index contributed by atoms with van der Waals surface area (Å²) in [6.07, 6.45) is 11.2. The van der Waals surface area contributed by atoms with Gasteiger partial charge in [-0.2, -0.15) is 0 Å². The number of aromatic nitrogens is 3. The van der Waals surface area contributed by atoms with Crippen molar-refractivity contribution in [1.82, 2.24) is 14.1 Å². The fourth-order valence-corrected chi connectivity index (χ4v) is 5.85. The van der Waals surface area contributed by atoms with Crippen LogP contribution >= 0.6 is 0 Å². The van der Waals surface area contributed by atoms with E-state index in [1.807, 2.05) is 67.0 Å². The lowest BCUT2D eigenvalue weighted by atomic mass is 10.1. The minimum Gasteiger partial charge on any atom is -0.481 e. The van der Waals surface area contributed by atoms with E-state index in [-0.39, 0.29) is 18.4 Å². The van der Waals surface area contributed by atoms with Gasteiger partial charge in [0.2, 0.25) is 0 Å². The van der Waals surface area contributed by atoms with Crippen LogP contribution in [-0.2, 0) is 56.2 Å². The van der Waals surface area contributed by atoms with Gasteiger partial charge >= 0.3 is 17.9 Å². The number of carbonyl (C=O) groups excluding carboxylic acids is 2. The van der Waals surface area contributed by atoms with E-state index in [1.54, 1.807) is 0 Å². The number of aliphatic carboxylic acids is 1. The van der Waals surface area contributed by atoms with Crippen LogP contribution in [-0.4, -0.2) is 58.5 Å². The molecule has 0 fully saturated rings. The number of H-pyrrole nitrogens is 1. The van der Waals surface area contributed by atoms with Gasteiger partial charge in [0.25, 0.3) is 0 Å². The number of esters is 2. The maximum Gasteiger partial charge on any atom is 0.310 e. The van der Waals surface area contributed by atoms with Crippen LogP contribution in [0.15, 0.2) is 91.4 Å². The Kier molecular flexibility index (Phi) is 15.8. The summed E-state index contributed by atoms with van der Waals surface area (Å²) in [5.41, 5.74) is 6.32. The Hall–Kier alpha value is -5.38. The van der Waals surface area contributed by atoms with Crippen LogP contribution in [0.1, 0.15) is 57.6 Å². The van der Waals surface area contributed by atoms with E-state index in [1.165, 1.54) is 26.2 Å². The lowest BCUT2D eigenvalue weighted by molar-refractivity contribution is -0.140. The summed E-state index contributed by atoms with van der Waals surface area (Å²) in [6.45, 7) is 6.29. The van der Waals surface area contributed by atoms with Crippen molar-refractivity contribution in [3.8, 4) is 0 Å². The zero-order chi connectivity index (χ0) is 37.9. The molecule has 0 saturated heterocycles. The zero-order valence-corrected chi connectivity index (χ0v) is 30.0. The lowest BCUT2D eigenvalue weighted by Gasteiger charge is -2.02. The average molecular weight is 701 g/mol. The van der Waals surface area contributed by atoms with Gasteiger partial charge in [0.05, 0.1) is 42.0 Å². The monoisotopic (exact) mass is 700 g/mol. The van der Waals surface area contributed by atoms with Crippen LogP contribution in [0, 0.1) is 0 Å². The number of aryl methyl sites for hydroxylation is 2. The van der Waals surface area contributed by atoms with Gasteiger partial charge in [0.15, 0.2) is 0 Å². The number of nitrogens with zero attached hydrogens (tertiary/aromatic N) is 2. The maximum absolute atomic E-state index is 11.4. The number of para-hydroxylation sites is 3. The molecule has 3 aromatic heterocycles. The van der Waals surface area contributed by atoms with E-state index >= 15 is 0 Å². The smallest absolute Gasteiger partial charge is 0.310 e. The molecule has 0 spiro atoms. The number of carboxylic acid groups (broad SMARTS) is 1. The standard InChI is InChI=1S/C15H19NO2.C14H17NO2.C11H11NO2.CH3F/c1-3-4-9-16-11-12(10-15(17)18-2)13-7-5-6-8-14(13)16;1-2-3-8-15-10-11(9-14(16)17)12-6-4-5-7-13(12)15;1-14-11(13)6-8-7-12-10-5-3-2-4-9(8)10;1-2/h5-8,11H,3-4,9-10H2,1-2H3;4-7,10H,2-3,8-9H2,1H3,(H,16,17);2-5,7,12H,6H2,1H3;1H3/i;;;1D. The van der Waals surface area contributed by atoms with Crippen LogP contribution in [0.5, 0.6) is 0 Å². The number of alkyl halides is 1. The van der Waals surface area contributed by atoms with Crippen LogP contribution < -0.4 is 0 Å². The predicted molar refractivity (Wildman–Crippen MR) is 202 cm³/mol. The quantitative estimate of drug-likeness (QED) is 0.124. The Morgan fingerprint density at radius 3 is 1.61 bits per heavy atom. The lowest BCUT2D eigenvalue weighted by Crippen LogP contribution is -2.04. The molecular formula is C41H50FN3O6. The van der Waals surface area contributed by atoms with Crippen molar-refractivity contribution in [2.75, 3.05) is 21.4 Å². The number of hydrogen-bond acceptors (Lipinski definition) is 5. The van der Waals surface area contributed by atoms with Crippen LogP contribution in [0.4, 0.5) is 4.39 Å². The second-order valence-corrected chi connectivity index (χ2v) is 11.9. The summed E-state index contributed by atoms with van der Waals surface area (Å²) >= 11 is 0. The van der Waals surface area contributed by atoms with E-state index in [0.29, 0.717) is 12.8 Å². The van der Waals surface area contributed by atoms with Crippen LogP contribution in [0.2, 0.25) is 0 Å². The van der Waals surface area contributed by atoms with E-state index in [2.05, 4.69) is 57.1 Å². The van der Waals surface area contributed by atoms with Crippen molar-refractivity contribution in [3.05, 3.63) is 108 Å².